The van der Waals surface area contributed by atoms with Crippen LogP contribution in [0.15, 0.2) is 0 Å². The Kier molecular flexibility index (Phi) is 13.7. The number of ether oxygens (including phenoxy) is 2. The molecule has 0 bridgehead atoms. The van der Waals surface area contributed by atoms with Crippen molar-refractivity contribution in [2.45, 2.75) is 109 Å². The topological polar surface area (TPSA) is 99.1 Å². The molecule has 2 atom stereocenters. The van der Waals surface area contributed by atoms with Gasteiger partial charge in [0.15, 0.2) is 0 Å². The number of hydrogen-bond acceptors (Lipinski definition) is 6. The molecule has 28 heavy (non-hydrogen) atoms. The van der Waals surface area contributed by atoms with Crippen LogP contribution >= 0.6 is 0 Å². The van der Waals surface area contributed by atoms with Crippen LogP contribution in [0.5, 0.6) is 0 Å². The molecule has 0 aromatic carbocycles. The van der Waals surface area contributed by atoms with E-state index >= 15 is 0 Å². The summed E-state index contributed by atoms with van der Waals surface area (Å²) in [7, 11) is -4.45. The molecular weight excluding hydrogens is 384 g/mol. The molecule has 0 amide bonds. The van der Waals surface area contributed by atoms with Crippen LogP contribution in [0.1, 0.15) is 96.8 Å². The van der Waals surface area contributed by atoms with Gasteiger partial charge in [-0.3, -0.25) is 9.35 Å². The highest BCUT2D eigenvalue weighted by molar-refractivity contribution is 7.80. The maximum absolute atomic E-state index is 11.8. The fraction of sp³-hybridized carbons (Fsp3) is 0.950. The van der Waals surface area contributed by atoms with Gasteiger partial charge in [-0.1, -0.05) is 71.1 Å². The van der Waals surface area contributed by atoms with Crippen molar-refractivity contribution in [3.8, 4) is 0 Å². The Hall–Kier alpha value is -0.700. The van der Waals surface area contributed by atoms with Gasteiger partial charge in [-0.05, 0) is 19.3 Å². The molecule has 1 N–H and O–H groups in total. The monoisotopic (exact) mass is 422 g/mol. The van der Waals surface area contributed by atoms with E-state index in [1.54, 1.807) is 0 Å². The van der Waals surface area contributed by atoms with E-state index in [4.69, 9.17) is 14.0 Å². The maximum Gasteiger partial charge on any atom is 0.397 e. The normalized spacial score (nSPS) is 19.8. The molecule has 2 unspecified atom stereocenters. The predicted octanol–water partition coefficient (Wildman–Crippen LogP) is 4.60. The summed E-state index contributed by atoms with van der Waals surface area (Å²) in [6, 6.07) is 0. The Morgan fingerprint density at radius 2 is 1.39 bits per heavy atom. The molecule has 1 rings (SSSR count). The average Bonchev–Trinajstić information content (AvgIpc) is 3.10. The van der Waals surface area contributed by atoms with Crippen LogP contribution < -0.4 is 0 Å². The van der Waals surface area contributed by atoms with Crippen molar-refractivity contribution in [3.05, 3.63) is 0 Å². The van der Waals surface area contributed by atoms with Gasteiger partial charge >= 0.3 is 16.4 Å². The molecule has 0 spiro atoms. The van der Waals surface area contributed by atoms with Crippen LogP contribution in [-0.2, 0) is 28.9 Å². The number of rotatable bonds is 17. The number of hydrogen-bond donors (Lipinski definition) is 1. The zero-order valence-corrected chi connectivity index (χ0v) is 18.1. The van der Waals surface area contributed by atoms with Gasteiger partial charge in [0.2, 0.25) is 0 Å². The molecule has 1 saturated heterocycles. The van der Waals surface area contributed by atoms with Crippen molar-refractivity contribution in [3.63, 3.8) is 0 Å². The molecule has 1 aliphatic rings. The Labute approximate surface area is 170 Å². The van der Waals surface area contributed by atoms with Crippen molar-refractivity contribution in [1.29, 1.82) is 0 Å². The Morgan fingerprint density at radius 3 is 1.93 bits per heavy atom. The maximum atomic E-state index is 11.8. The van der Waals surface area contributed by atoms with E-state index in [1.807, 2.05) is 0 Å². The molecule has 1 heterocycles. The fourth-order valence-corrected chi connectivity index (χ4v) is 3.70. The van der Waals surface area contributed by atoms with E-state index in [2.05, 4.69) is 11.1 Å². The molecule has 166 valence electrons. The summed E-state index contributed by atoms with van der Waals surface area (Å²) in [6.45, 7) is 2.20. The summed E-state index contributed by atoms with van der Waals surface area (Å²) < 4.78 is 44.7. The van der Waals surface area contributed by atoms with Crippen molar-refractivity contribution in [2.24, 2.45) is 0 Å². The van der Waals surface area contributed by atoms with Crippen LogP contribution in [0.2, 0.25) is 0 Å². The van der Waals surface area contributed by atoms with Crippen molar-refractivity contribution < 1.29 is 31.4 Å². The van der Waals surface area contributed by atoms with Crippen LogP contribution in [0.4, 0.5) is 0 Å². The summed E-state index contributed by atoms with van der Waals surface area (Å²) in [5.41, 5.74) is 0. The molecule has 0 aromatic rings. The number of carbonyl (C=O) groups excluding carboxylic acids is 1. The van der Waals surface area contributed by atoms with Crippen LogP contribution in [0.25, 0.3) is 0 Å². The van der Waals surface area contributed by atoms with Crippen LogP contribution in [0, 0.1) is 0 Å². The smallest absolute Gasteiger partial charge is 0.397 e. The van der Waals surface area contributed by atoms with Gasteiger partial charge < -0.3 is 9.47 Å². The summed E-state index contributed by atoms with van der Waals surface area (Å²) >= 11 is 0. The highest BCUT2D eigenvalue weighted by atomic mass is 32.3. The first-order chi connectivity index (χ1) is 13.4. The summed E-state index contributed by atoms with van der Waals surface area (Å²) in [5.74, 6) is -0.211. The van der Waals surface area contributed by atoms with E-state index in [0.717, 1.165) is 12.8 Å². The lowest BCUT2D eigenvalue weighted by molar-refractivity contribution is -0.147. The average molecular weight is 423 g/mol. The largest absolute Gasteiger partial charge is 0.463 e. The third kappa shape index (κ3) is 14.3. The lowest BCUT2D eigenvalue weighted by Crippen LogP contribution is -2.22. The second kappa shape index (κ2) is 15.2. The molecule has 0 radical (unpaired) electrons. The van der Waals surface area contributed by atoms with Gasteiger partial charge in [-0.15, -0.1) is 0 Å². The molecule has 1 aliphatic heterocycles. The highest BCUT2D eigenvalue weighted by Crippen LogP contribution is 2.21. The lowest BCUT2D eigenvalue weighted by Gasteiger charge is -2.13. The third-order valence-electron chi connectivity index (χ3n) is 5.01. The second-order valence-corrected chi connectivity index (χ2v) is 8.73. The Bertz CT molecular complexity index is 507. The van der Waals surface area contributed by atoms with Gasteiger partial charge in [0.25, 0.3) is 0 Å². The number of esters is 1. The summed E-state index contributed by atoms with van der Waals surface area (Å²) in [5, 5.41) is 0. The standard InChI is InChI=1S/C20H38O7S/c1-2-3-4-5-6-7-8-9-10-11-12-13-20(21)25-16-18-14-15-19(27-18)17-26-28(22,23)24/h18-19H,2-17H2,1H3,(H,22,23,24). The first-order valence-corrected chi connectivity index (χ1v) is 12.2. The van der Waals surface area contributed by atoms with Crippen molar-refractivity contribution in [2.75, 3.05) is 13.2 Å². The number of unbranched alkanes of at least 4 members (excludes halogenated alkanes) is 10. The van der Waals surface area contributed by atoms with Gasteiger partial charge in [-0.25, -0.2) is 4.18 Å². The summed E-state index contributed by atoms with van der Waals surface area (Å²) in [4.78, 5) is 11.8. The second-order valence-electron chi connectivity index (χ2n) is 7.64. The third-order valence-corrected chi connectivity index (χ3v) is 5.45. The number of carbonyl (C=O) groups is 1. The molecule has 0 aliphatic carbocycles. The van der Waals surface area contributed by atoms with Gasteiger partial charge in [-0.2, -0.15) is 8.42 Å². The van der Waals surface area contributed by atoms with Gasteiger partial charge in [0.1, 0.15) is 6.61 Å². The molecule has 0 saturated carbocycles. The molecule has 1 fully saturated rings. The van der Waals surface area contributed by atoms with Gasteiger partial charge in [0, 0.05) is 6.42 Å². The Morgan fingerprint density at radius 1 is 0.893 bits per heavy atom. The van der Waals surface area contributed by atoms with Crippen molar-refractivity contribution >= 4 is 16.4 Å². The lowest BCUT2D eigenvalue weighted by atomic mass is 10.1. The molecule has 7 nitrogen and oxygen atoms in total. The van der Waals surface area contributed by atoms with E-state index < -0.39 is 16.5 Å². The van der Waals surface area contributed by atoms with Crippen molar-refractivity contribution in [1.82, 2.24) is 0 Å². The van der Waals surface area contributed by atoms with Crippen LogP contribution in [-0.4, -0.2) is 44.4 Å². The van der Waals surface area contributed by atoms with Gasteiger partial charge in [0.05, 0.1) is 18.8 Å². The fourth-order valence-electron chi connectivity index (χ4n) is 3.38. The van der Waals surface area contributed by atoms with E-state index in [-0.39, 0.29) is 25.3 Å². The van der Waals surface area contributed by atoms with E-state index in [1.165, 1.54) is 57.8 Å². The van der Waals surface area contributed by atoms with E-state index in [0.29, 0.717) is 19.3 Å². The zero-order valence-electron chi connectivity index (χ0n) is 17.3. The van der Waals surface area contributed by atoms with Crippen LogP contribution in [0.3, 0.4) is 0 Å². The Balaban J connectivity index is 1.91. The van der Waals surface area contributed by atoms with E-state index in [9.17, 15) is 13.2 Å². The highest BCUT2D eigenvalue weighted by Gasteiger charge is 2.27. The molecule has 0 aromatic heterocycles. The minimum Gasteiger partial charge on any atom is -0.463 e. The minimum absolute atomic E-state index is 0.180. The first-order valence-electron chi connectivity index (χ1n) is 10.8. The zero-order chi connectivity index (χ0) is 20.7. The molecular formula is C20H38O7S. The first kappa shape index (κ1) is 25.3. The SMILES string of the molecule is CCCCCCCCCCCCCC(=O)OCC1CCC(COS(=O)(=O)O)O1. The predicted molar refractivity (Wildman–Crippen MR) is 107 cm³/mol. The quantitative estimate of drug-likeness (QED) is 0.208. The summed E-state index contributed by atoms with van der Waals surface area (Å²) in [6.07, 6.45) is 14.7. The minimum atomic E-state index is -4.45. The molecule has 8 heteroatoms.